The van der Waals surface area contributed by atoms with Gasteiger partial charge >= 0.3 is 6.61 Å². The van der Waals surface area contributed by atoms with Crippen LogP contribution in [0.25, 0.3) is 31.8 Å². The Morgan fingerprint density at radius 1 is 1.29 bits per heavy atom. The first-order valence-electron chi connectivity index (χ1n) is 9.19. The van der Waals surface area contributed by atoms with Gasteiger partial charge in [0.1, 0.15) is 21.8 Å². The Balaban J connectivity index is 1.66. The Kier molecular flexibility index (Phi) is 4.99. The normalized spacial score (nSPS) is 15.7. The number of hydrogen-bond acceptors (Lipinski definition) is 8. The maximum Gasteiger partial charge on any atom is 0.388 e. The SMILES string of the molecule is Cc1cc(-c2nc3c(Cl)cc4c(c3s2)OC[C@H](CO)O4)c2ncc(OC(F)F)nc2c1. The first-order chi connectivity index (χ1) is 14.9. The van der Waals surface area contributed by atoms with Crippen molar-refractivity contribution >= 4 is 44.2 Å². The molecule has 160 valence electrons. The summed E-state index contributed by atoms with van der Waals surface area (Å²) in [5.74, 6) is 0.702. The van der Waals surface area contributed by atoms with Gasteiger partial charge in [-0.25, -0.2) is 15.0 Å². The van der Waals surface area contributed by atoms with E-state index in [1.807, 2.05) is 13.0 Å². The van der Waals surface area contributed by atoms with E-state index < -0.39 is 12.7 Å². The zero-order valence-electron chi connectivity index (χ0n) is 15.9. The van der Waals surface area contributed by atoms with E-state index in [-0.39, 0.29) is 19.1 Å². The van der Waals surface area contributed by atoms with Gasteiger partial charge in [-0.1, -0.05) is 11.6 Å². The van der Waals surface area contributed by atoms with Gasteiger partial charge in [-0.05, 0) is 24.6 Å². The molecule has 0 saturated carbocycles. The third-order valence-electron chi connectivity index (χ3n) is 4.66. The van der Waals surface area contributed by atoms with Crippen molar-refractivity contribution in [2.24, 2.45) is 0 Å². The molecule has 11 heteroatoms. The predicted octanol–water partition coefficient (Wildman–Crippen LogP) is 4.60. The average Bonchev–Trinajstić information content (AvgIpc) is 3.18. The van der Waals surface area contributed by atoms with Gasteiger partial charge in [-0.3, -0.25) is 0 Å². The Morgan fingerprint density at radius 2 is 2.13 bits per heavy atom. The van der Waals surface area contributed by atoms with Crippen LogP contribution in [-0.4, -0.2) is 46.0 Å². The van der Waals surface area contributed by atoms with Crippen LogP contribution in [0.2, 0.25) is 5.02 Å². The van der Waals surface area contributed by atoms with Gasteiger partial charge in [-0.15, -0.1) is 11.3 Å². The number of alkyl halides is 2. The van der Waals surface area contributed by atoms with Crippen LogP contribution < -0.4 is 14.2 Å². The largest absolute Gasteiger partial charge is 0.484 e. The lowest BCUT2D eigenvalue weighted by Crippen LogP contribution is -2.32. The molecule has 4 aromatic rings. The molecular formula is C20H14ClF2N3O4S. The van der Waals surface area contributed by atoms with Gasteiger partial charge in [0.2, 0.25) is 5.88 Å². The summed E-state index contributed by atoms with van der Waals surface area (Å²) in [5, 5.41) is 10.3. The molecule has 0 bridgehead atoms. The molecule has 31 heavy (non-hydrogen) atoms. The second-order valence-corrected chi connectivity index (χ2v) is 8.29. The number of aryl methyl sites for hydroxylation is 1. The van der Waals surface area contributed by atoms with Crippen LogP contribution in [0.4, 0.5) is 8.78 Å². The van der Waals surface area contributed by atoms with Crippen LogP contribution in [0, 0.1) is 6.92 Å². The molecular weight excluding hydrogens is 452 g/mol. The van der Waals surface area contributed by atoms with Crippen molar-refractivity contribution in [2.45, 2.75) is 19.6 Å². The number of fused-ring (bicyclic) bond motifs is 4. The highest BCUT2D eigenvalue weighted by Gasteiger charge is 2.26. The van der Waals surface area contributed by atoms with Crippen molar-refractivity contribution in [3.63, 3.8) is 0 Å². The molecule has 0 unspecified atom stereocenters. The maximum absolute atomic E-state index is 12.5. The highest BCUT2D eigenvalue weighted by molar-refractivity contribution is 7.22. The highest BCUT2D eigenvalue weighted by Crippen LogP contribution is 2.47. The minimum absolute atomic E-state index is 0.172. The summed E-state index contributed by atoms with van der Waals surface area (Å²) in [7, 11) is 0. The van der Waals surface area contributed by atoms with Crippen LogP contribution in [0.15, 0.2) is 24.4 Å². The summed E-state index contributed by atoms with van der Waals surface area (Å²) in [6.45, 7) is -1.09. The summed E-state index contributed by atoms with van der Waals surface area (Å²) < 4.78 is 41.7. The summed E-state index contributed by atoms with van der Waals surface area (Å²) >= 11 is 7.78. The minimum Gasteiger partial charge on any atom is -0.484 e. The quantitative estimate of drug-likeness (QED) is 0.471. The molecule has 0 radical (unpaired) electrons. The zero-order chi connectivity index (χ0) is 21.7. The third kappa shape index (κ3) is 3.60. The first kappa shape index (κ1) is 20.1. The Hall–Kier alpha value is -2.82. The predicted molar refractivity (Wildman–Crippen MR) is 112 cm³/mol. The number of thiazole rings is 1. The second-order valence-electron chi connectivity index (χ2n) is 6.88. The van der Waals surface area contributed by atoms with Gasteiger partial charge in [0.05, 0.1) is 28.9 Å². The van der Waals surface area contributed by atoms with Gasteiger partial charge in [-0.2, -0.15) is 8.78 Å². The van der Waals surface area contributed by atoms with E-state index in [1.54, 1.807) is 12.1 Å². The molecule has 3 heterocycles. The van der Waals surface area contributed by atoms with Crippen molar-refractivity contribution in [3.05, 3.63) is 35.0 Å². The Labute approximate surface area is 183 Å². The second kappa shape index (κ2) is 7.70. The summed E-state index contributed by atoms with van der Waals surface area (Å²) in [5.41, 5.74) is 2.98. The van der Waals surface area contributed by atoms with E-state index >= 15 is 0 Å². The maximum atomic E-state index is 12.5. The lowest BCUT2D eigenvalue weighted by Gasteiger charge is -2.25. The molecule has 1 atom stereocenters. The fourth-order valence-corrected chi connectivity index (χ4v) is 4.77. The standard InChI is InChI=1S/C20H14ClF2N3O4S/c1-8-2-10(15-12(3-8)25-14(5-24-15)30-20(22)23)19-26-16-11(21)4-13-17(18(16)31-19)28-7-9(6-27)29-13/h2-5,9,20,27H,6-7H2,1H3/t9-/m0/s1. The zero-order valence-corrected chi connectivity index (χ0v) is 17.5. The van der Waals surface area contributed by atoms with Gasteiger partial charge in [0, 0.05) is 11.6 Å². The monoisotopic (exact) mass is 465 g/mol. The van der Waals surface area contributed by atoms with Crippen LogP contribution in [0.5, 0.6) is 17.4 Å². The highest BCUT2D eigenvalue weighted by atomic mass is 35.5. The van der Waals surface area contributed by atoms with Crippen molar-refractivity contribution in [1.29, 1.82) is 0 Å². The fraction of sp³-hybridized carbons (Fsp3) is 0.250. The number of hydrogen-bond donors (Lipinski definition) is 1. The molecule has 1 aliphatic rings. The average molecular weight is 466 g/mol. The number of aliphatic hydroxyl groups is 1. The third-order valence-corrected chi connectivity index (χ3v) is 6.04. The number of benzene rings is 2. The van der Waals surface area contributed by atoms with Crippen molar-refractivity contribution in [3.8, 4) is 28.0 Å². The Morgan fingerprint density at radius 3 is 2.90 bits per heavy atom. The first-order valence-corrected chi connectivity index (χ1v) is 10.4. The van der Waals surface area contributed by atoms with Crippen LogP contribution in [0.3, 0.4) is 0 Å². The molecule has 0 aliphatic carbocycles. The molecule has 0 spiro atoms. The van der Waals surface area contributed by atoms with E-state index in [0.717, 1.165) is 11.8 Å². The van der Waals surface area contributed by atoms with Crippen LogP contribution in [-0.2, 0) is 0 Å². The summed E-state index contributed by atoms with van der Waals surface area (Å²) in [6, 6.07) is 5.24. The number of halogens is 3. The lowest BCUT2D eigenvalue weighted by atomic mass is 10.1. The molecule has 1 aliphatic heterocycles. The van der Waals surface area contributed by atoms with Crippen molar-refractivity contribution in [1.82, 2.24) is 15.0 Å². The lowest BCUT2D eigenvalue weighted by molar-refractivity contribution is -0.0528. The topological polar surface area (TPSA) is 86.6 Å². The van der Waals surface area contributed by atoms with Gasteiger partial charge < -0.3 is 19.3 Å². The van der Waals surface area contributed by atoms with Crippen LogP contribution in [0.1, 0.15) is 5.56 Å². The summed E-state index contributed by atoms with van der Waals surface area (Å²) in [4.78, 5) is 13.1. The molecule has 0 saturated heterocycles. The Bertz CT molecular complexity index is 1320. The summed E-state index contributed by atoms with van der Waals surface area (Å²) in [6.07, 6.45) is 0.690. The molecule has 0 amide bonds. The van der Waals surface area contributed by atoms with E-state index in [4.69, 9.17) is 21.1 Å². The number of rotatable bonds is 4. The van der Waals surface area contributed by atoms with E-state index in [9.17, 15) is 13.9 Å². The molecule has 2 aromatic heterocycles. The fourth-order valence-electron chi connectivity index (χ4n) is 3.38. The molecule has 0 fully saturated rings. The minimum atomic E-state index is -2.98. The molecule has 1 N–H and O–H groups in total. The van der Waals surface area contributed by atoms with Gasteiger partial charge in [0.25, 0.3) is 0 Å². The molecule has 2 aromatic carbocycles. The van der Waals surface area contributed by atoms with Gasteiger partial charge in [0.15, 0.2) is 17.6 Å². The van der Waals surface area contributed by atoms with Crippen molar-refractivity contribution in [2.75, 3.05) is 13.2 Å². The van der Waals surface area contributed by atoms with Crippen molar-refractivity contribution < 1.29 is 28.1 Å². The molecule has 7 nitrogen and oxygen atoms in total. The van der Waals surface area contributed by atoms with Crippen LogP contribution >= 0.6 is 22.9 Å². The van der Waals surface area contributed by atoms with E-state index in [0.29, 0.717) is 48.3 Å². The molecule has 5 rings (SSSR count). The van der Waals surface area contributed by atoms with E-state index in [1.165, 1.54) is 11.3 Å². The number of aliphatic hydroxyl groups excluding tert-OH is 1. The smallest absolute Gasteiger partial charge is 0.388 e. The number of ether oxygens (including phenoxy) is 3. The number of aromatic nitrogens is 3. The van der Waals surface area contributed by atoms with E-state index in [2.05, 4.69) is 19.7 Å². The number of nitrogens with zero attached hydrogens (tertiary/aromatic N) is 3.